The fourth-order valence-corrected chi connectivity index (χ4v) is 4.62. The third-order valence-electron chi connectivity index (χ3n) is 6.72. The van der Waals surface area contributed by atoms with E-state index in [9.17, 15) is 4.79 Å². The van der Waals surface area contributed by atoms with Crippen LogP contribution in [0.2, 0.25) is 0 Å². The first-order chi connectivity index (χ1) is 14.4. The zero-order valence-electron chi connectivity index (χ0n) is 18.8. The van der Waals surface area contributed by atoms with Crippen LogP contribution >= 0.6 is 0 Å². The lowest BCUT2D eigenvalue weighted by atomic mass is 9.66. The van der Waals surface area contributed by atoms with Crippen LogP contribution in [-0.2, 0) is 21.5 Å². The van der Waals surface area contributed by atoms with Crippen molar-refractivity contribution >= 4 is 5.91 Å². The molecular weight excluding hydrogens is 374 g/mol. The largest absolute Gasteiger partial charge is 0.497 e. The zero-order chi connectivity index (χ0) is 21.6. The van der Waals surface area contributed by atoms with Crippen molar-refractivity contribution in [2.24, 2.45) is 0 Å². The van der Waals surface area contributed by atoms with Crippen molar-refractivity contribution < 1.29 is 14.3 Å². The summed E-state index contributed by atoms with van der Waals surface area (Å²) >= 11 is 0. The fraction of sp³-hybridized carbons (Fsp3) is 0.500. The normalized spacial score (nSPS) is 23.7. The van der Waals surface area contributed by atoms with Crippen LogP contribution in [0.4, 0.5) is 0 Å². The molecule has 1 fully saturated rings. The highest BCUT2D eigenvalue weighted by Gasteiger charge is 2.43. The van der Waals surface area contributed by atoms with Gasteiger partial charge < -0.3 is 14.4 Å². The Hall–Kier alpha value is -2.33. The summed E-state index contributed by atoms with van der Waals surface area (Å²) < 4.78 is 11.6. The molecule has 2 aromatic carbocycles. The van der Waals surface area contributed by atoms with E-state index in [-0.39, 0.29) is 16.9 Å². The molecule has 2 atom stereocenters. The van der Waals surface area contributed by atoms with Crippen molar-refractivity contribution in [3.63, 3.8) is 0 Å². The number of ether oxygens (including phenoxy) is 2. The molecule has 1 aliphatic rings. The van der Waals surface area contributed by atoms with E-state index >= 15 is 0 Å². The highest BCUT2D eigenvalue weighted by Crippen LogP contribution is 2.45. The summed E-state index contributed by atoms with van der Waals surface area (Å²) in [6, 6.07) is 18.7. The third-order valence-corrected chi connectivity index (χ3v) is 6.72. The van der Waals surface area contributed by atoms with Gasteiger partial charge in [-0.2, -0.15) is 0 Å². The van der Waals surface area contributed by atoms with Crippen molar-refractivity contribution in [3.05, 3.63) is 65.7 Å². The molecule has 1 aliphatic heterocycles. The Kier molecular flexibility index (Phi) is 7.19. The summed E-state index contributed by atoms with van der Waals surface area (Å²) in [4.78, 5) is 14.4. The molecule has 4 heteroatoms. The Balaban J connectivity index is 1.85. The van der Waals surface area contributed by atoms with Gasteiger partial charge >= 0.3 is 0 Å². The lowest BCUT2D eigenvalue weighted by Gasteiger charge is -2.47. The van der Waals surface area contributed by atoms with Crippen LogP contribution in [0.25, 0.3) is 0 Å². The SMILES string of the molecule is CC[C@]1(C)C[C@@](CCN(Cc2ccccc2)C(C)=O)(c2ccc(OC)cc2)CCO1. The summed E-state index contributed by atoms with van der Waals surface area (Å²) in [7, 11) is 1.70. The van der Waals surface area contributed by atoms with Crippen molar-refractivity contribution in [1.82, 2.24) is 4.90 Å². The zero-order valence-corrected chi connectivity index (χ0v) is 18.8. The molecule has 0 aromatic heterocycles. The number of hydrogen-bond donors (Lipinski definition) is 0. The van der Waals surface area contributed by atoms with Crippen molar-refractivity contribution in [2.45, 2.75) is 64.0 Å². The minimum atomic E-state index is -0.140. The van der Waals surface area contributed by atoms with E-state index in [0.29, 0.717) is 6.54 Å². The van der Waals surface area contributed by atoms with Gasteiger partial charge in [0.1, 0.15) is 5.75 Å². The Morgan fingerprint density at radius 1 is 1.13 bits per heavy atom. The predicted octanol–water partition coefficient (Wildman–Crippen LogP) is 5.35. The van der Waals surface area contributed by atoms with Crippen molar-refractivity contribution in [3.8, 4) is 5.75 Å². The number of nitrogens with zero attached hydrogens (tertiary/aromatic N) is 1. The number of carbonyl (C=O) groups excluding carboxylic acids is 1. The van der Waals surface area contributed by atoms with Gasteiger partial charge in [0.15, 0.2) is 0 Å². The first kappa shape index (κ1) is 22.4. The molecule has 1 amide bonds. The quantitative estimate of drug-likeness (QED) is 0.590. The van der Waals surface area contributed by atoms with E-state index in [1.165, 1.54) is 5.56 Å². The lowest BCUT2D eigenvalue weighted by Crippen LogP contribution is -2.47. The molecular formula is C26H35NO3. The Morgan fingerprint density at radius 2 is 1.83 bits per heavy atom. The minimum absolute atomic E-state index is 0.0142. The lowest BCUT2D eigenvalue weighted by molar-refractivity contribution is -0.130. The molecule has 0 radical (unpaired) electrons. The molecule has 0 unspecified atom stereocenters. The second-order valence-corrected chi connectivity index (χ2v) is 8.76. The van der Waals surface area contributed by atoms with Crippen LogP contribution in [0.1, 0.15) is 57.6 Å². The molecule has 0 aliphatic carbocycles. The maximum atomic E-state index is 12.4. The molecule has 2 aromatic rings. The molecule has 3 rings (SSSR count). The minimum Gasteiger partial charge on any atom is -0.497 e. The van der Waals surface area contributed by atoms with E-state index in [0.717, 1.165) is 50.1 Å². The standard InChI is InChI=1S/C26H35NO3/c1-5-25(3)20-26(16-18-30-25,23-11-13-24(29-4)14-12-23)15-17-27(21(2)28)19-22-9-7-6-8-10-22/h6-14H,5,15-20H2,1-4H3/t25-,26+/m1/s1. The first-order valence-electron chi connectivity index (χ1n) is 11.0. The highest BCUT2D eigenvalue weighted by molar-refractivity contribution is 5.73. The fourth-order valence-electron chi connectivity index (χ4n) is 4.62. The number of carbonyl (C=O) groups is 1. The monoisotopic (exact) mass is 409 g/mol. The van der Waals surface area contributed by atoms with Gasteiger partial charge in [-0.25, -0.2) is 0 Å². The predicted molar refractivity (Wildman–Crippen MR) is 121 cm³/mol. The molecule has 1 saturated heterocycles. The van der Waals surface area contributed by atoms with Crippen molar-refractivity contribution in [1.29, 1.82) is 0 Å². The summed E-state index contributed by atoms with van der Waals surface area (Å²) in [5.74, 6) is 0.989. The van der Waals surface area contributed by atoms with Gasteiger partial charge in [-0.15, -0.1) is 0 Å². The van der Waals surface area contributed by atoms with Gasteiger partial charge in [0.2, 0.25) is 5.91 Å². The summed E-state index contributed by atoms with van der Waals surface area (Å²) in [6.45, 7) is 8.21. The number of benzene rings is 2. The number of rotatable bonds is 8. The topological polar surface area (TPSA) is 38.8 Å². The van der Waals surface area contributed by atoms with Crippen LogP contribution in [0.5, 0.6) is 5.75 Å². The van der Waals surface area contributed by atoms with Crippen LogP contribution in [0.3, 0.4) is 0 Å². The van der Waals surface area contributed by atoms with Gasteiger partial charge in [0.05, 0.1) is 12.7 Å². The first-order valence-corrected chi connectivity index (χ1v) is 11.0. The Labute approximate surface area is 181 Å². The number of amides is 1. The van der Waals surface area contributed by atoms with Crippen LogP contribution in [0, 0.1) is 0 Å². The Morgan fingerprint density at radius 3 is 2.43 bits per heavy atom. The van der Waals surface area contributed by atoms with E-state index in [1.54, 1.807) is 14.0 Å². The number of hydrogen-bond acceptors (Lipinski definition) is 3. The molecule has 30 heavy (non-hydrogen) atoms. The van der Waals surface area contributed by atoms with E-state index in [1.807, 2.05) is 35.2 Å². The van der Waals surface area contributed by atoms with Crippen LogP contribution < -0.4 is 4.74 Å². The summed E-state index contributed by atoms with van der Waals surface area (Å²) in [6.07, 6.45) is 3.82. The maximum Gasteiger partial charge on any atom is 0.219 e. The van der Waals surface area contributed by atoms with Gasteiger partial charge in [0, 0.05) is 32.0 Å². The summed E-state index contributed by atoms with van der Waals surface area (Å²) in [5.41, 5.74) is 2.32. The average molecular weight is 410 g/mol. The second kappa shape index (κ2) is 9.65. The molecule has 0 saturated carbocycles. The van der Waals surface area contributed by atoms with Crippen molar-refractivity contribution in [2.75, 3.05) is 20.3 Å². The molecule has 1 heterocycles. The molecule has 0 bridgehead atoms. The van der Waals surface area contributed by atoms with Crippen LogP contribution in [-0.4, -0.2) is 36.7 Å². The molecule has 0 spiro atoms. The number of methoxy groups -OCH3 is 1. The average Bonchev–Trinajstić information content (AvgIpc) is 2.77. The Bertz CT molecular complexity index is 820. The van der Waals surface area contributed by atoms with E-state index in [4.69, 9.17) is 9.47 Å². The van der Waals surface area contributed by atoms with Gasteiger partial charge in [-0.05, 0) is 55.9 Å². The molecule has 4 nitrogen and oxygen atoms in total. The molecule has 0 N–H and O–H groups in total. The maximum absolute atomic E-state index is 12.4. The van der Waals surface area contributed by atoms with Crippen LogP contribution in [0.15, 0.2) is 54.6 Å². The smallest absolute Gasteiger partial charge is 0.219 e. The van der Waals surface area contributed by atoms with Gasteiger partial charge in [-0.1, -0.05) is 49.4 Å². The third kappa shape index (κ3) is 5.23. The summed E-state index contributed by atoms with van der Waals surface area (Å²) in [5, 5.41) is 0. The highest BCUT2D eigenvalue weighted by atomic mass is 16.5. The van der Waals surface area contributed by atoms with Gasteiger partial charge in [-0.3, -0.25) is 4.79 Å². The molecule has 162 valence electrons. The van der Waals surface area contributed by atoms with Gasteiger partial charge in [0.25, 0.3) is 0 Å². The van der Waals surface area contributed by atoms with E-state index < -0.39 is 0 Å². The second-order valence-electron chi connectivity index (χ2n) is 8.76. The van der Waals surface area contributed by atoms with E-state index in [2.05, 4.69) is 38.1 Å².